The molecule has 8 nitrogen and oxygen atoms in total. The van der Waals surface area contributed by atoms with Gasteiger partial charge in [0.25, 0.3) is 5.69 Å². The van der Waals surface area contributed by atoms with Crippen molar-refractivity contribution < 1.29 is 28.1 Å². The molecule has 0 aliphatic heterocycles. The Morgan fingerprint density at radius 3 is 2.00 bits per heavy atom. The van der Waals surface area contributed by atoms with E-state index in [2.05, 4.69) is 0 Å². The normalized spacial score (nSPS) is 13.4. The third kappa shape index (κ3) is 7.19. The minimum atomic E-state index is -3.94. The highest BCUT2D eigenvalue weighted by Gasteiger charge is 2.36. The van der Waals surface area contributed by atoms with Gasteiger partial charge in [-0.3, -0.25) is 14.9 Å². The van der Waals surface area contributed by atoms with Crippen LogP contribution in [0.1, 0.15) is 12.5 Å². The number of ether oxygens (including phenoxy) is 1. The molecule has 0 aromatic heterocycles. The van der Waals surface area contributed by atoms with Crippen LogP contribution in [0.15, 0.2) is 84.9 Å². The predicted molar refractivity (Wildman–Crippen MR) is 124 cm³/mol. The van der Waals surface area contributed by atoms with Gasteiger partial charge < -0.3 is 13.8 Å². The van der Waals surface area contributed by atoms with Crippen LogP contribution in [-0.4, -0.2) is 23.7 Å². The average Bonchev–Trinajstić information content (AvgIpc) is 2.80. The lowest BCUT2D eigenvalue weighted by molar-refractivity contribution is -0.384. The van der Waals surface area contributed by atoms with Crippen molar-refractivity contribution in [2.45, 2.75) is 13.3 Å². The van der Waals surface area contributed by atoms with Crippen molar-refractivity contribution in [3.63, 3.8) is 0 Å². The first-order chi connectivity index (χ1) is 15.9. The Hall–Kier alpha value is -3.64. The highest BCUT2D eigenvalue weighted by atomic mass is 31.2. The molecule has 0 heterocycles. The summed E-state index contributed by atoms with van der Waals surface area (Å²) in [5.74, 6) is -0.863. The summed E-state index contributed by atoms with van der Waals surface area (Å²) in [5.41, 5.74) is 0.742. The maximum absolute atomic E-state index is 13.9. The number of nitrogens with zero attached hydrogens (tertiary/aromatic N) is 1. The highest BCUT2D eigenvalue weighted by molar-refractivity contribution is 7.54. The molecule has 0 saturated carbocycles. The summed E-state index contributed by atoms with van der Waals surface area (Å²) in [7, 11) is -3.94. The van der Waals surface area contributed by atoms with Gasteiger partial charge in [0.1, 0.15) is 11.5 Å². The first-order valence-electron chi connectivity index (χ1n) is 10.4. The van der Waals surface area contributed by atoms with Gasteiger partial charge in [0.2, 0.25) is 0 Å². The van der Waals surface area contributed by atoms with Gasteiger partial charge in [0.15, 0.2) is 0 Å². The number of hydrogen-bond acceptors (Lipinski definition) is 7. The van der Waals surface area contributed by atoms with Crippen LogP contribution in [0.5, 0.6) is 11.5 Å². The van der Waals surface area contributed by atoms with E-state index in [1.54, 1.807) is 37.3 Å². The molecule has 2 atom stereocenters. The lowest BCUT2D eigenvalue weighted by Crippen LogP contribution is -2.26. The Bertz CT molecular complexity index is 1100. The second-order valence-corrected chi connectivity index (χ2v) is 9.13. The Morgan fingerprint density at radius 1 is 0.909 bits per heavy atom. The SMILES string of the molecule is CCOC(=O)[C@H](Cc1ccccc1)CP(=O)(Oc1ccccc1)Oc1ccc([N+](=O)[O-])cc1. The lowest BCUT2D eigenvalue weighted by atomic mass is 10.0. The molecule has 3 aromatic carbocycles. The van der Waals surface area contributed by atoms with E-state index in [4.69, 9.17) is 13.8 Å². The van der Waals surface area contributed by atoms with Gasteiger partial charge in [0.05, 0.1) is 23.6 Å². The number of esters is 1. The van der Waals surface area contributed by atoms with Crippen molar-refractivity contribution in [2.24, 2.45) is 5.92 Å². The third-order valence-corrected chi connectivity index (χ3v) is 6.53. The van der Waals surface area contributed by atoms with Crippen LogP contribution in [0.4, 0.5) is 5.69 Å². The fourth-order valence-electron chi connectivity index (χ4n) is 3.18. The van der Waals surface area contributed by atoms with Crippen molar-refractivity contribution in [1.29, 1.82) is 0 Å². The van der Waals surface area contributed by atoms with E-state index in [1.807, 2.05) is 30.3 Å². The zero-order valence-corrected chi connectivity index (χ0v) is 18.9. The molecule has 1 unspecified atom stereocenters. The first-order valence-corrected chi connectivity index (χ1v) is 12.1. The number of carbonyl (C=O) groups is 1. The number of carbonyl (C=O) groups excluding carboxylic acids is 1. The average molecular weight is 469 g/mol. The monoisotopic (exact) mass is 469 g/mol. The summed E-state index contributed by atoms with van der Waals surface area (Å²) in [5, 5.41) is 10.9. The summed E-state index contributed by atoms with van der Waals surface area (Å²) < 4.78 is 30.6. The van der Waals surface area contributed by atoms with Gasteiger partial charge >= 0.3 is 13.6 Å². The molecule has 3 rings (SSSR count). The summed E-state index contributed by atoms with van der Waals surface area (Å²) in [6.45, 7) is 1.88. The van der Waals surface area contributed by atoms with E-state index in [9.17, 15) is 19.5 Å². The lowest BCUT2D eigenvalue weighted by Gasteiger charge is -2.24. The number of nitro groups is 1. The second-order valence-electron chi connectivity index (χ2n) is 7.18. The summed E-state index contributed by atoms with van der Waals surface area (Å²) in [6, 6.07) is 23.0. The first kappa shape index (κ1) is 24.0. The van der Waals surface area contributed by atoms with Gasteiger partial charge in [-0.2, -0.15) is 0 Å². The Labute approximate surface area is 191 Å². The number of para-hydroxylation sites is 1. The third-order valence-electron chi connectivity index (χ3n) is 4.67. The van der Waals surface area contributed by atoms with Crippen molar-refractivity contribution in [3.8, 4) is 11.5 Å². The molecule has 0 saturated heterocycles. The molecule has 3 aromatic rings. The molecule has 9 heteroatoms. The van der Waals surface area contributed by atoms with E-state index in [1.165, 1.54) is 24.3 Å². The van der Waals surface area contributed by atoms with Crippen LogP contribution in [0.2, 0.25) is 0 Å². The molecule has 0 amide bonds. The van der Waals surface area contributed by atoms with Crippen LogP contribution in [0, 0.1) is 16.0 Å². The topological polar surface area (TPSA) is 105 Å². The van der Waals surface area contributed by atoms with Crippen molar-refractivity contribution >= 4 is 19.3 Å². The molecule has 0 N–H and O–H groups in total. The minimum absolute atomic E-state index is 0.127. The summed E-state index contributed by atoms with van der Waals surface area (Å²) in [4.78, 5) is 23.1. The van der Waals surface area contributed by atoms with Crippen LogP contribution in [0.25, 0.3) is 0 Å². The molecule has 0 aliphatic rings. The molecule has 0 radical (unpaired) electrons. The van der Waals surface area contributed by atoms with Crippen LogP contribution in [-0.2, 0) is 20.5 Å². The second kappa shape index (κ2) is 11.3. The largest absolute Gasteiger partial charge is 0.466 e. The van der Waals surface area contributed by atoms with Gasteiger partial charge in [-0.15, -0.1) is 0 Å². The fraction of sp³-hybridized carbons (Fsp3) is 0.208. The van der Waals surface area contributed by atoms with Gasteiger partial charge in [-0.1, -0.05) is 48.5 Å². The van der Waals surface area contributed by atoms with E-state index in [-0.39, 0.29) is 30.6 Å². The Kier molecular flexibility index (Phi) is 8.22. The van der Waals surface area contributed by atoms with Gasteiger partial charge in [-0.05, 0) is 43.2 Å². The number of nitro benzene ring substituents is 1. The maximum atomic E-state index is 13.9. The highest BCUT2D eigenvalue weighted by Crippen LogP contribution is 2.50. The van der Waals surface area contributed by atoms with Crippen molar-refractivity contribution in [3.05, 3.63) is 101 Å². The molecule has 0 fully saturated rings. The number of non-ortho nitro benzene ring substituents is 1. The molecule has 33 heavy (non-hydrogen) atoms. The Balaban J connectivity index is 1.90. The number of benzene rings is 3. The zero-order valence-electron chi connectivity index (χ0n) is 18.0. The number of hydrogen-bond donors (Lipinski definition) is 0. The van der Waals surface area contributed by atoms with Gasteiger partial charge in [-0.25, -0.2) is 4.57 Å². The van der Waals surface area contributed by atoms with E-state index in [0.29, 0.717) is 5.75 Å². The molecule has 0 bridgehead atoms. The summed E-state index contributed by atoms with van der Waals surface area (Å²) in [6.07, 6.45) is 0.0397. The molecular weight excluding hydrogens is 445 g/mol. The van der Waals surface area contributed by atoms with E-state index < -0.39 is 24.4 Å². The molecule has 172 valence electrons. The van der Waals surface area contributed by atoms with Gasteiger partial charge in [0, 0.05) is 12.1 Å². The minimum Gasteiger partial charge on any atom is -0.466 e. The van der Waals surface area contributed by atoms with Crippen LogP contribution in [0.3, 0.4) is 0 Å². The van der Waals surface area contributed by atoms with E-state index in [0.717, 1.165) is 5.56 Å². The maximum Gasteiger partial charge on any atom is 0.431 e. The smallest absolute Gasteiger partial charge is 0.431 e. The zero-order chi connectivity index (χ0) is 23.7. The van der Waals surface area contributed by atoms with E-state index >= 15 is 0 Å². The predicted octanol–water partition coefficient (Wildman–Crippen LogP) is 5.67. The van der Waals surface area contributed by atoms with Crippen molar-refractivity contribution in [2.75, 3.05) is 12.8 Å². The van der Waals surface area contributed by atoms with Crippen molar-refractivity contribution in [1.82, 2.24) is 0 Å². The standard InChI is InChI=1S/C24H24NO7P/c1-2-30-24(26)20(17-19-9-5-3-6-10-19)18-33(29,31-22-11-7-4-8-12-22)32-23-15-13-21(14-16-23)25(27)28/h3-16,20H,2,17-18H2,1H3/t20-,33?/m1/s1. The molecular formula is C24H24NO7P. The molecule has 0 spiro atoms. The summed E-state index contributed by atoms with van der Waals surface area (Å²) >= 11 is 0. The van der Waals surface area contributed by atoms with Crippen LogP contribution < -0.4 is 9.05 Å². The fourth-order valence-corrected chi connectivity index (χ4v) is 5.07. The quantitative estimate of drug-likeness (QED) is 0.154. The number of rotatable bonds is 11. The van der Waals surface area contributed by atoms with Crippen LogP contribution >= 0.6 is 7.60 Å². The Morgan fingerprint density at radius 2 is 1.45 bits per heavy atom. The molecule has 0 aliphatic carbocycles.